The molecule has 4 heteroatoms. The van der Waals surface area contributed by atoms with Crippen LogP contribution in [0.5, 0.6) is 0 Å². The lowest BCUT2D eigenvalue weighted by Gasteiger charge is -2.22. The maximum absolute atomic E-state index is 12.9. The number of carbonyl (C=O) groups is 2. The minimum atomic E-state index is -0.331. The van der Waals surface area contributed by atoms with Crippen molar-refractivity contribution in [3.63, 3.8) is 0 Å². The highest BCUT2D eigenvalue weighted by Gasteiger charge is 2.36. The molecule has 2 aromatic carbocycles. The van der Waals surface area contributed by atoms with Crippen molar-refractivity contribution in [1.82, 2.24) is 0 Å². The van der Waals surface area contributed by atoms with E-state index in [2.05, 4.69) is 32.2 Å². The summed E-state index contributed by atoms with van der Waals surface area (Å²) in [5.41, 5.74) is 5.15. The van der Waals surface area contributed by atoms with E-state index in [1.165, 1.54) is 0 Å². The largest absolute Gasteiger partial charge is 0.326 e. The van der Waals surface area contributed by atoms with Crippen LogP contribution in [0.15, 0.2) is 42.5 Å². The van der Waals surface area contributed by atoms with Gasteiger partial charge in [0.2, 0.25) is 11.8 Å². The summed E-state index contributed by atoms with van der Waals surface area (Å²) < 4.78 is 0. The topological polar surface area (TPSA) is 49.4 Å². The fraction of sp³-hybridized carbons (Fsp3) is 0.391. The Morgan fingerprint density at radius 3 is 2.63 bits per heavy atom. The maximum atomic E-state index is 12.9. The molecule has 1 unspecified atom stereocenters. The van der Waals surface area contributed by atoms with Crippen LogP contribution in [0.25, 0.3) is 0 Å². The Morgan fingerprint density at radius 2 is 1.93 bits per heavy atom. The molecule has 1 fully saturated rings. The molecule has 2 amide bonds. The third-order valence-corrected chi connectivity index (χ3v) is 5.31. The van der Waals surface area contributed by atoms with Gasteiger partial charge in [0.15, 0.2) is 0 Å². The first-order valence-corrected chi connectivity index (χ1v) is 9.71. The van der Waals surface area contributed by atoms with E-state index in [-0.39, 0.29) is 24.2 Å². The van der Waals surface area contributed by atoms with Crippen molar-refractivity contribution in [3.8, 4) is 0 Å². The molecule has 1 N–H and O–H groups in total. The lowest BCUT2D eigenvalue weighted by Crippen LogP contribution is -2.29. The van der Waals surface area contributed by atoms with Crippen LogP contribution in [0.3, 0.4) is 0 Å². The number of para-hydroxylation sites is 2. The Bertz CT molecular complexity index is 857. The molecule has 0 radical (unpaired) electrons. The summed E-state index contributed by atoms with van der Waals surface area (Å²) >= 11 is 0. The van der Waals surface area contributed by atoms with Gasteiger partial charge in [-0.05, 0) is 42.0 Å². The van der Waals surface area contributed by atoms with Crippen LogP contribution in [0.2, 0.25) is 0 Å². The van der Waals surface area contributed by atoms with Crippen molar-refractivity contribution in [2.45, 2.75) is 46.5 Å². The number of amides is 2. The van der Waals surface area contributed by atoms with Crippen molar-refractivity contribution >= 4 is 23.2 Å². The molecule has 0 spiro atoms. The van der Waals surface area contributed by atoms with E-state index in [1.54, 1.807) is 4.90 Å². The first-order valence-electron chi connectivity index (χ1n) is 9.71. The Hall–Kier alpha value is -2.62. The zero-order chi connectivity index (χ0) is 19.6. The molecule has 1 aliphatic heterocycles. The number of benzene rings is 2. The normalized spacial score (nSPS) is 16.9. The quantitative estimate of drug-likeness (QED) is 0.838. The van der Waals surface area contributed by atoms with Gasteiger partial charge in [-0.2, -0.15) is 0 Å². The predicted molar refractivity (Wildman–Crippen MR) is 110 cm³/mol. The Morgan fingerprint density at radius 1 is 1.19 bits per heavy atom. The fourth-order valence-electron chi connectivity index (χ4n) is 3.84. The summed E-state index contributed by atoms with van der Waals surface area (Å²) in [7, 11) is 0. The zero-order valence-corrected chi connectivity index (χ0v) is 16.6. The van der Waals surface area contributed by atoms with Crippen LogP contribution in [0.1, 0.15) is 49.8 Å². The molecule has 3 rings (SSSR count). The van der Waals surface area contributed by atoms with Crippen LogP contribution in [0, 0.1) is 12.8 Å². The highest BCUT2D eigenvalue weighted by Crippen LogP contribution is 2.32. The average molecular weight is 364 g/mol. The standard InChI is InChI=1S/C23H28N2O2/c1-5-17-10-8-9-16(4)22(17)25-14-18(13-21(25)26)23(27)24-20-12-7-6-11-19(20)15(2)3/h6-12,15,18H,5,13-14H2,1-4H3,(H,24,27). The molecule has 1 aliphatic rings. The molecule has 0 bridgehead atoms. The number of carbonyl (C=O) groups excluding carboxylic acids is 2. The van der Waals surface area contributed by atoms with E-state index >= 15 is 0 Å². The minimum absolute atomic E-state index is 0.0243. The SMILES string of the molecule is CCc1cccc(C)c1N1CC(C(=O)Nc2ccccc2C(C)C)CC1=O. The molecule has 0 aromatic heterocycles. The van der Waals surface area contributed by atoms with E-state index in [1.807, 2.05) is 43.3 Å². The summed E-state index contributed by atoms with van der Waals surface area (Å²) in [4.78, 5) is 27.3. The Kier molecular flexibility index (Phi) is 5.64. The average Bonchev–Trinajstić information content (AvgIpc) is 3.03. The molecule has 2 aromatic rings. The lowest BCUT2D eigenvalue weighted by atomic mass is 10.0. The Labute approximate surface area is 161 Å². The first kappa shape index (κ1) is 19.2. The van der Waals surface area contributed by atoms with Crippen LogP contribution < -0.4 is 10.2 Å². The van der Waals surface area contributed by atoms with Crippen molar-refractivity contribution in [2.75, 3.05) is 16.8 Å². The molecule has 4 nitrogen and oxygen atoms in total. The van der Waals surface area contributed by atoms with Gasteiger partial charge in [-0.1, -0.05) is 57.2 Å². The van der Waals surface area contributed by atoms with Gasteiger partial charge in [0.05, 0.1) is 5.92 Å². The predicted octanol–water partition coefficient (Wildman–Crippen LogP) is 4.67. The summed E-state index contributed by atoms with van der Waals surface area (Å²) in [6.45, 7) is 8.76. The number of hydrogen-bond donors (Lipinski definition) is 1. The van der Waals surface area contributed by atoms with Crippen molar-refractivity contribution < 1.29 is 9.59 Å². The van der Waals surface area contributed by atoms with Gasteiger partial charge in [0, 0.05) is 24.3 Å². The van der Waals surface area contributed by atoms with Gasteiger partial charge < -0.3 is 10.2 Å². The first-order chi connectivity index (χ1) is 12.9. The molecule has 0 aliphatic carbocycles. The molecule has 142 valence electrons. The minimum Gasteiger partial charge on any atom is -0.326 e. The highest BCUT2D eigenvalue weighted by atomic mass is 16.2. The van der Waals surface area contributed by atoms with Gasteiger partial charge in [-0.25, -0.2) is 0 Å². The van der Waals surface area contributed by atoms with Gasteiger partial charge in [-0.15, -0.1) is 0 Å². The molecule has 1 heterocycles. The van der Waals surface area contributed by atoms with Crippen molar-refractivity contribution in [1.29, 1.82) is 0 Å². The van der Waals surface area contributed by atoms with Gasteiger partial charge in [-0.3, -0.25) is 9.59 Å². The highest BCUT2D eigenvalue weighted by molar-refractivity contribution is 6.04. The monoisotopic (exact) mass is 364 g/mol. The molecule has 0 saturated carbocycles. The molecular formula is C23H28N2O2. The summed E-state index contributed by atoms with van der Waals surface area (Å²) in [6, 6.07) is 14.0. The summed E-state index contributed by atoms with van der Waals surface area (Å²) in [5.74, 6) is -0.0637. The number of aryl methyl sites for hydroxylation is 2. The van der Waals surface area contributed by atoms with Crippen LogP contribution in [-0.4, -0.2) is 18.4 Å². The zero-order valence-electron chi connectivity index (χ0n) is 16.6. The third-order valence-electron chi connectivity index (χ3n) is 5.31. The van der Waals surface area contributed by atoms with Crippen molar-refractivity contribution in [3.05, 3.63) is 59.2 Å². The summed E-state index contributed by atoms with van der Waals surface area (Å²) in [5, 5.41) is 3.05. The lowest BCUT2D eigenvalue weighted by molar-refractivity contribution is -0.122. The van der Waals surface area contributed by atoms with E-state index in [4.69, 9.17) is 0 Å². The number of nitrogens with one attached hydrogen (secondary N) is 1. The molecular weight excluding hydrogens is 336 g/mol. The number of rotatable bonds is 5. The van der Waals surface area contributed by atoms with Gasteiger partial charge in [0.1, 0.15) is 0 Å². The second kappa shape index (κ2) is 7.95. The van der Waals surface area contributed by atoms with Crippen molar-refractivity contribution in [2.24, 2.45) is 5.92 Å². The molecule has 27 heavy (non-hydrogen) atoms. The van der Waals surface area contributed by atoms with E-state index in [9.17, 15) is 9.59 Å². The van der Waals surface area contributed by atoms with Crippen LogP contribution in [-0.2, 0) is 16.0 Å². The smallest absolute Gasteiger partial charge is 0.229 e. The van der Waals surface area contributed by atoms with Gasteiger partial charge in [0.25, 0.3) is 0 Å². The second-order valence-corrected chi connectivity index (χ2v) is 7.57. The van der Waals surface area contributed by atoms with Crippen LogP contribution >= 0.6 is 0 Å². The number of anilines is 2. The summed E-state index contributed by atoms with van der Waals surface area (Å²) in [6.07, 6.45) is 1.12. The number of hydrogen-bond acceptors (Lipinski definition) is 2. The van der Waals surface area contributed by atoms with E-state index < -0.39 is 0 Å². The molecule has 1 atom stereocenters. The Balaban J connectivity index is 1.79. The van der Waals surface area contributed by atoms with E-state index in [0.717, 1.165) is 34.5 Å². The second-order valence-electron chi connectivity index (χ2n) is 7.57. The molecule has 1 saturated heterocycles. The van der Waals surface area contributed by atoms with Crippen LogP contribution in [0.4, 0.5) is 11.4 Å². The third kappa shape index (κ3) is 3.90. The fourth-order valence-corrected chi connectivity index (χ4v) is 3.84. The number of nitrogens with zero attached hydrogens (tertiary/aromatic N) is 1. The van der Waals surface area contributed by atoms with E-state index in [0.29, 0.717) is 12.5 Å². The maximum Gasteiger partial charge on any atom is 0.229 e. The van der Waals surface area contributed by atoms with Gasteiger partial charge >= 0.3 is 0 Å².